The smallest absolute Gasteiger partial charge is 0.147 e. The van der Waals surface area contributed by atoms with Crippen molar-refractivity contribution in [1.82, 2.24) is 14.8 Å². The van der Waals surface area contributed by atoms with E-state index in [-0.39, 0.29) is 6.61 Å². The first kappa shape index (κ1) is 20.3. The van der Waals surface area contributed by atoms with Gasteiger partial charge in [0, 0.05) is 55.4 Å². The van der Waals surface area contributed by atoms with Gasteiger partial charge in [0.15, 0.2) is 0 Å². The molecule has 3 heterocycles. The van der Waals surface area contributed by atoms with E-state index in [1.807, 2.05) is 18.2 Å². The number of piperazine rings is 1. The van der Waals surface area contributed by atoms with E-state index in [9.17, 15) is 0 Å². The van der Waals surface area contributed by atoms with Gasteiger partial charge in [0.05, 0.1) is 22.2 Å². The normalized spacial score (nSPS) is 17.5. The van der Waals surface area contributed by atoms with Crippen LogP contribution in [0.3, 0.4) is 0 Å². The molecule has 8 heteroatoms. The van der Waals surface area contributed by atoms with E-state index in [4.69, 9.17) is 28.3 Å². The van der Waals surface area contributed by atoms with Crippen LogP contribution in [0, 0.1) is 0 Å². The first-order chi connectivity index (χ1) is 13.6. The predicted molar refractivity (Wildman–Crippen MR) is 116 cm³/mol. The Labute approximate surface area is 180 Å². The Morgan fingerprint density at radius 2 is 1.64 bits per heavy atom. The molecule has 0 unspecified atom stereocenters. The molecule has 2 aromatic rings. The lowest BCUT2D eigenvalue weighted by molar-refractivity contribution is 0.112. The molecule has 150 valence electrons. The summed E-state index contributed by atoms with van der Waals surface area (Å²) in [5.41, 5.74) is 1.16. The zero-order chi connectivity index (χ0) is 19.5. The molecule has 0 bridgehead atoms. The van der Waals surface area contributed by atoms with Crippen molar-refractivity contribution in [2.45, 2.75) is 16.2 Å². The van der Waals surface area contributed by atoms with Crippen molar-refractivity contribution < 1.29 is 5.11 Å². The standard InChI is InChI=1S/C20H24Cl2N4OS/c21-15-2-3-17-18(12-15)28-19-13-16(22)14-23-20(19)26(17)5-1-4-24-6-8-25(9-7-24)10-11-27/h2-3,12-14,27H,1,4-11H2. The molecule has 0 spiro atoms. The minimum atomic E-state index is 0.243. The highest BCUT2D eigenvalue weighted by molar-refractivity contribution is 7.99. The quantitative estimate of drug-likeness (QED) is 0.735. The third-order valence-corrected chi connectivity index (χ3v) is 6.73. The number of aliphatic hydroxyl groups excluding tert-OH is 1. The lowest BCUT2D eigenvalue weighted by atomic mass is 10.2. The van der Waals surface area contributed by atoms with Gasteiger partial charge in [0.25, 0.3) is 0 Å². The van der Waals surface area contributed by atoms with Gasteiger partial charge in [-0.25, -0.2) is 4.98 Å². The summed E-state index contributed by atoms with van der Waals surface area (Å²) in [4.78, 5) is 13.9. The third kappa shape index (κ3) is 4.58. The van der Waals surface area contributed by atoms with Crippen molar-refractivity contribution >= 4 is 46.5 Å². The van der Waals surface area contributed by atoms with E-state index >= 15 is 0 Å². The van der Waals surface area contributed by atoms with Crippen LogP contribution in [0.25, 0.3) is 0 Å². The van der Waals surface area contributed by atoms with E-state index in [1.165, 1.54) is 0 Å². The molecule has 0 amide bonds. The molecular formula is C20H24Cl2N4OS. The number of anilines is 2. The van der Waals surface area contributed by atoms with Crippen molar-refractivity contribution in [1.29, 1.82) is 0 Å². The maximum Gasteiger partial charge on any atom is 0.147 e. The van der Waals surface area contributed by atoms with Gasteiger partial charge in [-0.3, -0.25) is 4.90 Å². The highest BCUT2D eigenvalue weighted by Gasteiger charge is 2.25. The zero-order valence-electron chi connectivity index (χ0n) is 15.7. The Balaban J connectivity index is 1.43. The van der Waals surface area contributed by atoms with Gasteiger partial charge in [-0.05, 0) is 37.2 Å². The van der Waals surface area contributed by atoms with Crippen LogP contribution in [-0.4, -0.2) is 72.3 Å². The number of nitrogens with zero attached hydrogens (tertiary/aromatic N) is 4. The van der Waals surface area contributed by atoms with Gasteiger partial charge in [0.1, 0.15) is 5.82 Å². The fourth-order valence-electron chi connectivity index (χ4n) is 3.77. The van der Waals surface area contributed by atoms with Crippen LogP contribution in [0.4, 0.5) is 11.5 Å². The van der Waals surface area contributed by atoms with Crippen molar-refractivity contribution in [3.63, 3.8) is 0 Å². The van der Waals surface area contributed by atoms with Gasteiger partial charge in [-0.2, -0.15) is 0 Å². The summed E-state index contributed by atoms with van der Waals surface area (Å²) < 4.78 is 0. The average molecular weight is 439 g/mol. The highest BCUT2D eigenvalue weighted by atomic mass is 35.5. The van der Waals surface area contributed by atoms with Gasteiger partial charge < -0.3 is 14.9 Å². The van der Waals surface area contributed by atoms with E-state index < -0.39 is 0 Å². The number of aromatic nitrogens is 1. The average Bonchev–Trinajstić information content (AvgIpc) is 2.68. The molecule has 1 aromatic heterocycles. The van der Waals surface area contributed by atoms with Crippen molar-refractivity contribution in [2.24, 2.45) is 0 Å². The first-order valence-corrected chi connectivity index (χ1v) is 11.2. The lowest BCUT2D eigenvalue weighted by Crippen LogP contribution is -2.47. The Bertz CT molecular complexity index is 778. The maximum absolute atomic E-state index is 9.08. The Morgan fingerprint density at radius 3 is 2.39 bits per heavy atom. The summed E-state index contributed by atoms with van der Waals surface area (Å²) in [6.45, 7) is 7.17. The summed E-state index contributed by atoms with van der Waals surface area (Å²) in [7, 11) is 0. The molecule has 0 saturated carbocycles. The number of pyridine rings is 1. The zero-order valence-corrected chi connectivity index (χ0v) is 18.0. The number of halogens is 2. The number of rotatable bonds is 6. The number of fused-ring (bicyclic) bond motifs is 2. The number of benzene rings is 1. The van der Waals surface area contributed by atoms with Gasteiger partial charge in [-0.15, -0.1) is 0 Å². The number of hydrogen-bond acceptors (Lipinski definition) is 6. The minimum Gasteiger partial charge on any atom is -0.395 e. The van der Waals surface area contributed by atoms with Crippen LogP contribution >= 0.6 is 35.0 Å². The molecule has 5 nitrogen and oxygen atoms in total. The molecule has 1 saturated heterocycles. The number of β-amino-alcohol motifs (C(OH)–C–C–N with tert-alkyl or cyclic N) is 1. The first-order valence-electron chi connectivity index (χ1n) is 9.60. The topological polar surface area (TPSA) is 42.8 Å². The Morgan fingerprint density at radius 1 is 0.929 bits per heavy atom. The highest BCUT2D eigenvalue weighted by Crippen LogP contribution is 2.48. The molecule has 4 rings (SSSR count). The van der Waals surface area contributed by atoms with Crippen LogP contribution < -0.4 is 4.90 Å². The molecule has 1 fully saturated rings. The summed E-state index contributed by atoms with van der Waals surface area (Å²) in [6, 6.07) is 8.01. The molecule has 28 heavy (non-hydrogen) atoms. The van der Waals surface area contributed by atoms with E-state index in [2.05, 4.69) is 25.8 Å². The monoisotopic (exact) mass is 438 g/mol. The molecule has 1 N–H and O–H groups in total. The molecule has 0 atom stereocenters. The van der Waals surface area contributed by atoms with Crippen molar-refractivity contribution in [3.8, 4) is 0 Å². The van der Waals surface area contributed by atoms with Gasteiger partial charge in [0.2, 0.25) is 0 Å². The van der Waals surface area contributed by atoms with Crippen molar-refractivity contribution in [2.75, 3.05) is 57.3 Å². The second-order valence-electron chi connectivity index (χ2n) is 7.10. The van der Waals surface area contributed by atoms with Gasteiger partial charge in [-0.1, -0.05) is 35.0 Å². The van der Waals surface area contributed by atoms with E-state index in [1.54, 1.807) is 18.0 Å². The van der Waals surface area contributed by atoms with Crippen LogP contribution in [0.5, 0.6) is 0 Å². The lowest BCUT2D eigenvalue weighted by Gasteiger charge is -2.35. The summed E-state index contributed by atoms with van der Waals surface area (Å²) in [5, 5.41) is 10.5. The minimum absolute atomic E-state index is 0.243. The van der Waals surface area contributed by atoms with E-state index in [0.29, 0.717) is 5.02 Å². The second-order valence-corrected chi connectivity index (χ2v) is 9.06. The van der Waals surface area contributed by atoms with Crippen LogP contribution in [0.2, 0.25) is 10.0 Å². The van der Waals surface area contributed by atoms with Crippen molar-refractivity contribution in [3.05, 3.63) is 40.5 Å². The molecule has 2 aliphatic heterocycles. The molecule has 0 radical (unpaired) electrons. The SMILES string of the molecule is OCCN1CCN(CCCN2c3ccc(Cl)cc3Sc3cc(Cl)cnc32)CC1. The molecule has 1 aromatic carbocycles. The maximum atomic E-state index is 9.08. The summed E-state index contributed by atoms with van der Waals surface area (Å²) in [5.74, 6) is 0.969. The molecule has 2 aliphatic rings. The summed E-state index contributed by atoms with van der Waals surface area (Å²) >= 11 is 14.1. The number of aliphatic hydroxyl groups is 1. The fourth-order valence-corrected chi connectivity index (χ4v) is 5.38. The van der Waals surface area contributed by atoms with Crippen LogP contribution in [0.1, 0.15) is 6.42 Å². The summed E-state index contributed by atoms with van der Waals surface area (Å²) in [6.07, 6.45) is 2.77. The Kier molecular flexibility index (Phi) is 6.66. The molecule has 0 aliphatic carbocycles. The van der Waals surface area contributed by atoms with E-state index in [0.717, 1.165) is 78.6 Å². The third-order valence-electron chi connectivity index (χ3n) is 5.22. The van der Waals surface area contributed by atoms with Gasteiger partial charge >= 0.3 is 0 Å². The largest absolute Gasteiger partial charge is 0.395 e. The molecular weight excluding hydrogens is 415 g/mol. The Hall–Kier alpha value is -1.02. The number of hydrogen-bond donors (Lipinski definition) is 1. The fraction of sp³-hybridized carbons (Fsp3) is 0.450. The second kappa shape index (κ2) is 9.20. The van der Waals surface area contributed by atoms with Crippen LogP contribution in [0.15, 0.2) is 40.3 Å². The van der Waals surface area contributed by atoms with Crippen LogP contribution in [-0.2, 0) is 0 Å². The predicted octanol–water partition coefficient (Wildman–Crippen LogP) is 3.99.